The first kappa shape index (κ1) is 13.6. The van der Waals surface area contributed by atoms with E-state index < -0.39 is 0 Å². The van der Waals surface area contributed by atoms with Gasteiger partial charge in [-0.2, -0.15) is 0 Å². The number of anilines is 1. The highest BCUT2D eigenvalue weighted by molar-refractivity contribution is 7.14. The molecule has 0 atom stereocenters. The summed E-state index contributed by atoms with van der Waals surface area (Å²) in [6.07, 6.45) is 0. The Balaban J connectivity index is 1.70. The molecule has 1 aromatic carbocycles. The van der Waals surface area contributed by atoms with Crippen molar-refractivity contribution in [3.8, 4) is 10.6 Å². The Hall–Kier alpha value is -2.34. The number of nitrogens with zero attached hydrogens (tertiary/aromatic N) is 4. The van der Waals surface area contributed by atoms with Crippen LogP contribution in [-0.2, 0) is 6.54 Å². The van der Waals surface area contributed by atoms with E-state index in [0.29, 0.717) is 6.54 Å². The van der Waals surface area contributed by atoms with E-state index in [-0.39, 0.29) is 0 Å². The third kappa shape index (κ3) is 3.41. The largest absolute Gasteiger partial charge is 0.363 e. The predicted molar refractivity (Wildman–Crippen MR) is 84.2 cm³/mol. The molecule has 2 heterocycles. The van der Waals surface area contributed by atoms with E-state index in [0.717, 1.165) is 32.9 Å². The van der Waals surface area contributed by atoms with Crippen LogP contribution in [0.15, 0.2) is 36.4 Å². The van der Waals surface area contributed by atoms with Gasteiger partial charge in [0.25, 0.3) is 0 Å². The summed E-state index contributed by atoms with van der Waals surface area (Å²) in [7, 11) is 0. The molecule has 21 heavy (non-hydrogen) atoms. The fourth-order valence-corrected chi connectivity index (χ4v) is 2.78. The molecule has 0 saturated carbocycles. The molecule has 6 heteroatoms. The molecule has 0 radical (unpaired) electrons. The second-order valence-electron chi connectivity index (χ2n) is 4.66. The number of hydrogen-bond donors (Lipinski definition) is 1. The van der Waals surface area contributed by atoms with Gasteiger partial charge in [0, 0.05) is 17.3 Å². The van der Waals surface area contributed by atoms with Gasteiger partial charge in [-0.25, -0.2) is 9.97 Å². The highest BCUT2D eigenvalue weighted by atomic mass is 32.1. The van der Waals surface area contributed by atoms with Gasteiger partial charge in [0.15, 0.2) is 0 Å². The smallest absolute Gasteiger partial charge is 0.147 e. The fraction of sp³-hybridized carbons (Fsp3) is 0.200. The van der Waals surface area contributed by atoms with Gasteiger partial charge in [0.2, 0.25) is 0 Å². The molecule has 0 spiro atoms. The SMILES string of the molecule is Cc1cc(NCc2nnc(-c3ccccc3)s2)nc(C)n1. The lowest BCUT2D eigenvalue weighted by molar-refractivity contribution is 0.961. The minimum atomic E-state index is 0.612. The van der Waals surface area contributed by atoms with Crippen LogP contribution in [0.4, 0.5) is 5.82 Å². The van der Waals surface area contributed by atoms with Gasteiger partial charge in [-0.1, -0.05) is 41.7 Å². The van der Waals surface area contributed by atoms with E-state index in [2.05, 4.69) is 25.5 Å². The lowest BCUT2D eigenvalue weighted by Crippen LogP contribution is -2.03. The van der Waals surface area contributed by atoms with Gasteiger partial charge in [-0.3, -0.25) is 0 Å². The summed E-state index contributed by atoms with van der Waals surface area (Å²) < 4.78 is 0. The van der Waals surface area contributed by atoms with Gasteiger partial charge in [0.05, 0.1) is 6.54 Å². The van der Waals surface area contributed by atoms with Crippen molar-refractivity contribution in [1.29, 1.82) is 0 Å². The molecule has 0 aliphatic rings. The van der Waals surface area contributed by atoms with E-state index >= 15 is 0 Å². The van der Waals surface area contributed by atoms with Gasteiger partial charge >= 0.3 is 0 Å². The lowest BCUT2D eigenvalue weighted by atomic mass is 10.2. The van der Waals surface area contributed by atoms with E-state index in [4.69, 9.17) is 0 Å². The predicted octanol–water partition coefficient (Wildman–Crippen LogP) is 3.22. The molecule has 0 aliphatic carbocycles. The Morgan fingerprint density at radius 1 is 1.05 bits per heavy atom. The van der Waals surface area contributed by atoms with Crippen molar-refractivity contribution in [2.75, 3.05) is 5.32 Å². The van der Waals surface area contributed by atoms with Gasteiger partial charge in [-0.05, 0) is 13.8 Å². The van der Waals surface area contributed by atoms with Gasteiger partial charge in [0.1, 0.15) is 21.7 Å². The van der Waals surface area contributed by atoms with Crippen LogP contribution >= 0.6 is 11.3 Å². The average molecular weight is 297 g/mol. The van der Waals surface area contributed by atoms with E-state index in [9.17, 15) is 0 Å². The maximum absolute atomic E-state index is 4.35. The van der Waals surface area contributed by atoms with E-state index in [1.807, 2.05) is 50.2 Å². The molecule has 1 N–H and O–H groups in total. The molecule has 0 fully saturated rings. The second-order valence-corrected chi connectivity index (χ2v) is 5.72. The van der Waals surface area contributed by atoms with Crippen molar-refractivity contribution in [3.63, 3.8) is 0 Å². The zero-order chi connectivity index (χ0) is 14.7. The standard InChI is InChI=1S/C15H15N5S/c1-10-8-13(18-11(2)17-10)16-9-14-19-20-15(21-14)12-6-4-3-5-7-12/h3-8H,9H2,1-2H3,(H,16,17,18). The Morgan fingerprint density at radius 3 is 2.62 bits per heavy atom. The molecule has 5 nitrogen and oxygen atoms in total. The molecule has 106 valence electrons. The summed E-state index contributed by atoms with van der Waals surface area (Å²) in [5.74, 6) is 1.58. The highest BCUT2D eigenvalue weighted by Crippen LogP contribution is 2.23. The zero-order valence-electron chi connectivity index (χ0n) is 11.9. The number of rotatable bonds is 4. The summed E-state index contributed by atoms with van der Waals surface area (Å²) in [6, 6.07) is 12.0. The van der Waals surface area contributed by atoms with Gasteiger partial charge in [-0.15, -0.1) is 10.2 Å². The molecular weight excluding hydrogens is 282 g/mol. The number of aromatic nitrogens is 4. The summed E-state index contributed by atoms with van der Waals surface area (Å²) >= 11 is 1.59. The first-order valence-electron chi connectivity index (χ1n) is 6.65. The molecule has 3 rings (SSSR count). The summed E-state index contributed by atoms with van der Waals surface area (Å²) in [5.41, 5.74) is 2.04. The minimum Gasteiger partial charge on any atom is -0.363 e. The topological polar surface area (TPSA) is 63.6 Å². The molecule has 2 aromatic heterocycles. The van der Waals surface area contributed by atoms with Crippen LogP contribution in [0.25, 0.3) is 10.6 Å². The average Bonchev–Trinajstić information content (AvgIpc) is 2.94. The molecule has 0 aliphatic heterocycles. The minimum absolute atomic E-state index is 0.612. The van der Waals surface area contributed by atoms with Crippen LogP contribution < -0.4 is 5.32 Å². The summed E-state index contributed by atoms with van der Waals surface area (Å²) in [5, 5.41) is 13.6. The summed E-state index contributed by atoms with van der Waals surface area (Å²) in [4.78, 5) is 8.60. The van der Waals surface area contributed by atoms with Crippen LogP contribution in [0.5, 0.6) is 0 Å². The first-order chi connectivity index (χ1) is 10.2. The van der Waals surface area contributed by atoms with Crippen molar-refractivity contribution in [3.05, 3.63) is 52.9 Å². The maximum atomic E-state index is 4.35. The van der Waals surface area contributed by atoms with E-state index in [1.54, 1.807) is 11.3 Å². The van der Waals surface area contributed by atoms with Crippen molar-refractivity contribution in [2.45, 2.75) is 20.4 Å². The van der Waals surface area contributed by atoms with Crippen LogP contribution in [0.2, 0.25) is 0 Å². The number of nitrogens with one attached hydrogen (secondary N) is 1. The van der Waals surface area contributed by atoms with Crippen LogP contribution in [0.1, 0.15) is 16.5 Å². The monoisotopic (exact) mass is 297 g/mol. The van der Waals surface area contributed by atoms with Crippen LogP contribution in [0.3, 0.4) is 0 Å². The Kier molecular flexibility index (Phi) is 3.87. The van der Waals surface area contributed by atoms with Crippen molar-refractivity contribution in [2.24, 2.45) is 0 Å². The molecule has 0 unspecified atom stereocenters. The quantitative estimate of drug-likeness (QED) is 0.801. The molecule has 0 bridgehead atoms. The van der Waals surface area contributed by atoms with Crippen LogP contribution in [0, 0.1) is 13.8 Å². The zero-order valence-corrected chi connectivity index (χ0v) is 12.7. The first-order valence-corrected chi connectivity index (χ1v) is 7.46. The normalized spacial score (nSPS) is 10.6. The molecule has 0 saturated heterocycles. The second kappa shape index (κ2) is 5.97. The van der Waals surface area contributed by atoms with Gasteiger partial charge < -0.3 is 5.32 Å². The Morgan fingerprint density at radius 2 is 1.86 bits per heavy atom. The third-order valence-electron chi connectivity index (χ3n) is 2.87. The molecular formula is C15H15N5S. The highest BCUT2D eigenvalue weighted by Gasteiger charge is 2.06. The van der Waals surface area contributed by atoms with Crippen LogP contribution in [-0.4, -0.2) is 20.2 Å². The number of benzene rings is 1. The molecule has 0 amide bonds. The lowest BCUT2D eigenvalue weighted by Gasteiger charge is -2.04. The van der Waals surface area contributed by atoms with Crippen molar-refractivity contribution < 1.29 is 0 Å². The number of hydrogen-bond acceptors (Lipinski definition) is 6. The third-order valence-corrected chi connectivity index (χ3v) is 3.85. The Labute approximate surface area is 127 Å². The molecule has 3 aromatic rings. The van der Waals surface area contributed by atoms with E-state index in [1.165, 1.54) is 0 Å². The number of aryl methyl sites for hydroxylation is 2. The fourth-order valence-electron chi connectivity index (χ4n) is 2.00. The van der Waals surface area contributed by atoms with Crippen molar-refractivity contribution in [1.82, 2.24) is 20.2 Å². The Bertz CT molecular complexity index is 719. The van der Waals surface area contributed by atoms with Crippen molar-refractivity contribution >= 4 is 17.2 Å². The maximum Gasteiger partial charge on any atom is 0.147 e. The summed E-state index contributed by atoms with van der Waals surface area (Å²) in [6.45, 7) is 4.45.